The molecule has 0 radical (unpaired) electrons. The van der Waals surface area contributed by atoms with Crippen molar-refractivity contribution in [1.29, 1.82) is 0 Å². The lowest BCUT2D eigenvalue weighted by atomic mass is 9.72. The van der Waals surface area contributed by atoms with Gasteiger partial charge in [0.15, 0.2) is 7.28 Å². The Bertz CT molecular complexity index is 416. The summed E-state index contributed by atoms with van der Waals surface area (Å²) in [6.45, 7) is 9.96. The third kappa shape index (κ3) is 3.32. The maximum absolute atomic E-state index is 12.0. The number of pyridine rings is 1. The lowest BCUT2D eigenvalue weighted by molar-refractivity contribution is -0.124. The average Bonchev–Trinajstić information content (AvgIpc) is 2.29. The largest absolute Gasteiger partial charge is 0.310 e. The van der Waals surface area contributed by atoms with Crippen molar-refractivity contribution in [2.45, 2.75) is 40.9 Å². The maximum atomic E-state index is 12.0. The van der Waals surface area contributed by atoms with Gasteiger partial charge in [0.05, 0.1) is 0 Å². The van der Waals surface area contributed by atoms with E-state index in [-0.39, 0.29) is 11.3 Å². The van der Waals surface area contributed by atoms with E-state index in [1.165, 1.54) is 5.46 Å². The van der Waals surface area contributed by atoms with Crippen LogP contribution in [0.1, 0.15) is 32.9 Å². The number of aryl methyl sites for hydroxylation is 1. The minimum absolute atomic E-state index is 0.0242. The highest BCUT2D eigenvalue weighted by Crippen LogP contribution is 2.21. The van der Waals surface area contributed by atoms with Gasteiger partial charge in [0.1, 0.15) is 5.82 Å². The summed E-state index contributed by atoms with van der Waals surface area (Å²) in [5, 5.41) is 2.88. The van der Waals surface area contributed by atoms with Crippen LogP contribution >= 0.6 is 0 Å². The Hall–Kier alpha value is -1.32. The van der Waals surface area contributed by atoms with Crippen LogP contribution in [-0.4, -0.2) is 18.2 Å². The molecule has 1 N–H and O–H groups in total. The first-order valence-corrected chi connectivity index (χ1v) is 6.18. The van der Waals surface area contributed by atoms with Crippen LogP contribution in [0.25, 0.3) is 0 Å². The number of nitrogens with one attached hydrogen (secondary N) is 1. The van der Waals surface area contributed by atoms with Gasteiger partial charge < -0.3 is 5.32 Å². The Morgan fingerprint density at radius 3 is 2.59 bits per heavy atom. The minimum Gasteiger partial charge on any atom is -0.310 e. The van der Waals surface area contributed by atoms with Crippen molar-refractivity contribution in [3.8, 4) is 0 Å². The number of aromatic nitrogens is 1. The molecular weight excluding hydrogens is 211 g/mol. The topological polar surface area (TPSA) is 42.0 Å². The van der Waals surface area contributed by atoms with E-state index >= 15 is 0 Å². The van der Waals surface area contributed by atoms with Crippen LogP contribution in [0.15, 0.2) is 12.1 Å². The minimum atomic E-state index is -0.348. The van der Waals surface area contributed by atoms with Crippen molar-refractivity contribution in [2.75, 3.05) is 5.32 Å². The number of hydrogen-bond donors (Lipinski definition) is 1. The zero-order valence-electron chi connectivity index (χ0n) is 11.4. The van der Waals surface area contributed by atoms with Crippen molar-refractivity contribution in [3.05, 3.63) is 17.8 Å². The molecule has 0 spiro atoms. The van der Waals surface area contributed by atoms with Gasteiger partial charge in [-0.1, -0.05) is 39.1 Å². The lowest BCUT2D eigenvalue weighted by Crippen LogP contribution is -2.30. The van der Waals surface area contributed by atoms with Gasteiger partial charge >= 0.3 is 0 Å². The highest BCUT2D eigenvalue weighted by atomic mass is 16.2. The van der Waals surface area contributed by atoms with Gasteiger partial charge in [-0.3, -0.25) is 4.79 Å². The molecule has 1 rings (SSSR count). The van der Waals surface area contributed by atoms with Gasteiger partial charge in [0.2, 0.25) is 5.91 Å². The van der Waals surface area contributed by atoms with Crippen LogP contribution in [0.3, 0.4) is 0 Å². The fraction of sp³-hybridized carbons (Fsp3) is 0.538. The molecule has 1 aromatic heterocycles. The summed E-state index contributed by atoms with van der Waals surface area (Å²) in [6, 6.07) is 3.90. The summed E-state index contributed by atoms with van der Waals surface area (Å²) in [5.41, 5.74) is 1.86. The molecule has 17 heavy (non-hydrogen) atoms. The summed E-state index contributed by atoms with van der Waals surface area (Å²) in [5.74, 6) is 0.669. The quantitative estimate of drug-likeness (QED) is 0.805. The number of rotatable bonds is 4. The molecule has 0 saturated heterocycles. The van der Waals surface area contributed by atoms with E-state index < -0.39 is 0 Å². The lowest BCUT2D eigenvalue weighted by Gasteiger charge is -2.21. The molecule has 92 valence electrons. The molecular formula is C13H21BN2O. The van der Waals surface area contributed by atoms with Crippen LogP contribution in [0.5, 0.6) is 0 Å². The molecule has 0 atom stereocenters. The van der Waals surface area contributed by atoms with Crippen LogP contribution in [-0.2, 0) is 4.79 Å². The molecule has 0 bridgehead atoms. The Morgan fingerprint density at radius 1 is 1.47 bits per heavy atom. The maximum Gasteiger partial charge on any atom is 0.231 e. The third-order valence-electron chi connectivity index (χ3n) is 3.32. The summed E-state index contributed by atoms with van der Waals surface area (Å²) in [4.78, 5) is 16.4. The van der Waals surface area contributed by atoms with Crippen molar-refractivity contribution >= 4 is 24.5 Å². The molecule has 0 aliphatic carbocycles. The number of carbonyl (C=O) groups is 1. The standard InChI is InChI=1S/C13H21BN2O/c1-6-13(3,4)12(17)16-11-8-7-10(14-5)9(2)15-11/h7-8,14H,6H2,1-5H3,(H,15,16,17). The molecule has 0 aromatic carbocycles. The first-order chi connectivity index (χ1) is 7.90. The Balaban J connectivity index is 2.83. The predicted molar refractivity (Wildman–Crippen MR) is 74.3 cm³/mol. The third-order valence-corrected chi connectivity index (χ3v) is 3.32. The van der Waals surface area contributed by atoms with Gasteiger partial charge in [0, 0.05) is 11.1 Å². The SMILES string of the molecule is CBc1ccc(NC(=O)C(C)(C)CC)nc1C. The fourth-order valence-corrected chi connectivity index (χ4v) is 1.48. The van der Waals surface area contributed by atoms with Gasteiger partial charge in [0.25, 0.3) is 0 Å². The molecule has 1 aromatic rings. The van der Waals surface area contributed by atoms with E-state index in [0.29, 0.717) is 5.82 Å². The van der Waals surface area contributed by atoms with E-state index in [1.54, 1.807) is 0 Å². The summed E-state index contributed by atoms with van der Waals surface area (Å²) in [6.07, 6.45) is 0.810. The molecule has 0 fully saturated rings. The molecule has 1 amide bonds. The van der Waals surface area contributed by atoms with E-state index in [4.69, 9.17) is 0 Å². The number of anilines is 1. The normalized spacial score (nSPS) is 11.1. The van der Waals surface area contributed by atoms with Gasteiger partial charge in [-0.2, -0.15) is 0 Å². The molecule has 0 aliphatic rings. The summed E-state index contributed by atoms with van der Waals surface area (Å²) >= 11 is 0. The Morgan fingerprint density at radius 2 is 2.12 bits per heavy atom. The highest BCUT2D eigenvalue weighted by Gasteiger charge is 2.25. The summed E-state index contributed by atoms with van der Waals surface area (Å²) < 4.78 is 0. The Labute approximate surface area is 104 Å². The Kier molecular flexibility index (Phi) is 4.32. The second kappa shape index (κ2) is 5.34. The van der Waals surface area contributed by atoms with Crippen molar-refractivity contribution in [3.63, 3.8) is 0 Å². The number of carbonyl (C=O) groups excluding carboxylic acids is 1. The van der Waals surface area contributed by atoms with Crippen LogP contribution < -0.4 is 10.8 Å². The van der Waals surface area contributed by atoms with Gasteiger partial charge in [-0.15, -0.1) is 0 Å². The zero-order valence-corrected chi connectivity index (χ0v) is 11.4. The second-order valence-electron chi connectivity index (χ2n) is 4.99. The average molecular weight is 232 g/mol. The second-order valence-corrected chi connectivity index (χ2v) is 4.99. The van der Waals surface area contributed by atoms with Crippen LogP contribution in [0, 0.1) is 12.3 Å². The monoisotopic (exact) mass is 232 g/mol. The number of hydrogen-bond acceptors (Lipinski definition) is 2. The van der Waals surface area contributed by atoms with Crippen molar-refractivity contribution in [2.24, 2.45) is 5.41 Å². The predicted octanol–water partition coefficient (Wildman–Crippen LogP) is 1.87. The van der Waals surface area contributed by atoms with Crippen LogP contribution in [0.2, 0.25) is 6.82 Å². The summed E-state index contributed by atoms with van der Waals surface area (Å²) in [7, 11) is 0.966. The zero-order chi connectivity index (χ0) is 13.1. The van der Waals surface area contributed by atoms with E-state index in [0.717, 1.165) is 19.4 Å². The van der Waals surface area contributed by atoms with Gasteiger partial charge in [-0.05, 0) is 19.4 Å². The molecule has 0 unspecified atom stereocenters. The number of nitrogens with zero attached hydrogens (tertiary/aromatic N) is 1. The van der Waals surface area contributed by atoms with E-state index in [9.17, 15) is 4.79 Å². The van der Waals surface area contributed by atoms with E-state index in [1.807, 2.05) is 39.8 Å². The highest BCUT2D eigenvalue weighted by molar-refractivity contribution is 6.52. The molecule has 0 aliphatic heterocycles. The smallest absolute Gasteiger partial charge is 0.231 e. The van der Waals surface area contributed by atoms with E-state index in [2.05, 4.69) is 17.1 Å². The van der Waals surface area contributed by atoms with Crippen LogP contribution in [0.4, 0.5) is 5.82 Å². The van der Waals surface area contributed by atoms with Gasteiger partial charge in [-0.25, -0.2) is 4.98 Å². The molecule has 4 heteroatoms. The first kappa shape index (κ1) is 13.7. The number of amides is 1. The molecule has 3 nitrogen and oxygen atoms in total. The van der Waals surface area contributed by atoms with Crippen molar-refractivity contribution < 1.29 is 4.79 Å². The van der Waals surface area contributed by atoms with Crippen molar-refractivity contribution in [1.82, 2.24) is 4.98 Å². The molecule has 1 heterocycles. The fourth-order valence-electron chi connectivity index (χ4n) is 1.48. The molecule has 0 saturated carbocycles. The first-order valence-electron chi connectivity index (χ1n) is 6.18.